The highest BCUT2D eigenvalue weighted by Crippen LogP contribution is 2.53. The molecule has 1 heterocycles. The van der Waals surface area contributed by atoms with E-state index in [0.717, 1.165) is 47.8 Å². The third-order valence-electron chi connectivity index (χ3n) is 7.03. The average molecular weight is 398 g/mol. The number of rotatable bonds is 8. The van der Waals surface area contributed by atoms with Gasteiger partial charge in [0.15, 0.2) is 11.5 Å². The van der Waals surface area contributed by atoms with Gasteiger partial charge < -0.3 is 14.8 Å². The highest BCUT2D eigenvalue weighted by atomic mass is 32.1. The number of benzene rings is 1. The van der Waals surface area contributed by atoms with E-state index in [-0.39, 0.29) is 0 Å². The van der Waals surface area contributed by atoms with Gasteiger partial charge in [0.25, 0.3) is 0 Å². The Labute approximate surface area is 172 Å². The van der Waals surface area contributed by atoms with Crippen molar-refractivity contribution < 1.29 is 9.47 Å². The fraction of sp³-hybridized carbons (Fsp3) is 0.583. The Balaban J connectivity index is 1.23. The first-order valence-electron chi connectivity index (χ1n) is 10.9. The highest BCUT2D eigenvalue weighted by molar-refractivity contribution is 7.09. The molecule has 1 aromatic heterocycles. The molecule has 4 saturated carbocycles. The monoisotopic (exact) mass is 397 g/mol. The topological polar surface area (TPSA) is 30.5 Å². The number of hydrogen-bond donors (Lipinski definition) is 1. The van der Waals surface area contributed by atoms with Crippen molar-refractivity contribution in [1.82, 2.24) is 5.32 Å². The van der Waals surface area contributed by atoms with Crippen molar-refractivity contribution in [1.29, 1.82) is 0 Å². The maximum Gasteiger partial charge on any atom is 0.161 e. The third-order valence-corrected chi connectivity index (χ3v) is 7.88. The van der Waals surface area contributed by atoms with Crippen molar-refractivity contribution in [3.8, 4) is 11.5 Å². The van der Waals surface area contributed by atoms with Crippen LogP contribution in [0.15, 0.2) is 35.7 Å². The molecule has 4 bridgehead atoms. The summed E-state index contributed by atoms with van der Waals surface area (Å²) in [6, 6.07) is 11.3. The first-order chi connectivity index (χ1) is 13.8. The first-order valence-corrected chi connectivity index (χ1v) is 11.8. The van der Waals surface area contributed by atoms with E-state index in [1.165, 1.54) is 42.5 Å². The van der Waals surface area contributed by atoms with Crippen LogP contribution in [0.3, 0.4) is 0 Å². The number of hydrogen-bond acceptors (Lipinski definition) is 4. The van der Waals surface area contributed by atoms with Crippen LogP contribution in [0.25, 0.3) is 0 Å². The molecule has 0 spiro atoms. The smallest absolute Gasteiger partial charge is 0.161 e. The van der Waals surface area contributed by atoms with Gasteiger partial charge in [-0.15, -0.1) is 11.3 Å². The van der Waals surface area contributed by atoms with Gasteiger partial charge in [0.1, 0.15) is 6.61 Å². The van der Waals surface area contributed by atoms with Crippen LogP contribution >= 0.6 is 11.3 Å². The SMILES string of the molecule is CCOc1cc(CNC2C3CC4CC(C3)CC2C4)ccc1OCc1cccs1. The molecule has 4 aliphatic rings. The van der Waals surface area contributed by atoms with Crippen LogP contribution in [0, 0.1) is 23.7 Å². The molecule has 2 aromatic rings. The quantitative estimate of drug-likeness (QED) is 0.625. The van der Waals surface area contributed by atoms with Crippen LogP contribution in [0.5, 0.6) is 11.5 Å². The molecular weight excluding hydrogens is 366 g/mol. The molecule has 0 atom stereocenters. The number of ether oxygens (including phenoxy) is 2. The van der Waals surface area contributed by atoms with E-state index in [9.17, 15) is 0 Å². The summed E-state index contributed by atoms with van der Waals surface area (Å²) in [5.74, 6) is 5.60. The Morgan fingerprint density at radius 1 is 0.964 bits per heavy atom. The molecule has 0 saturated heterocycles. The molecule has 0 aliphatic heterocycles. The summed E-state index contributed by atoms with van der Waals surface area (Å²) >= 11 is 1.72. The standard InChI is InChI=1S/C24H31NO2S/c1-2-26-23-13-16(5-6-22(23)27-15-21-4-3-7-28-21)14-25-24-19-9-17-8-18(11-19)12-20(24)10-17/h3-7,13,17-20,24-25H,2,8-12,14-15H2,1H3. The van der Waals surface area contributed by atoms with E-state index in [2.05, 4.69) is 41.0 Å². The van der Waals surface area contributed by atoms with Crippen molar-refractivity contribution in [3.63, 3.8) is 0 Å². The largest absolute Gasteiger partial charge is 0.490 e. The molecule has 4 fully saturated rings. The Bertz CT molecular complexity index is 760. The summed E-state index contributed by atoms with van der Waals surface area (Å²) < 4.78 is 11.9. The normalized spacial score (nSPS) is 30.5. The summed E-state index contributed by atoms with van der Waals surface area (Å²) in [4.78, 5) is 1.23. The van der Waals surface area contributed by atoms with Gasteiger partial charge in [-0.3, -0.25) is 0 Å². The van der Waals surface area contributed by atoms with Crippen LogP contribution < -0.4 is 14.8 Å². The molecule has 4 heteroatoms. The van der Waals surface area contributed by atoms with E-state index < -0.39 is 0 Å². The lowest BCUT2D eigenvalue weighted by Gasteiger charge is -2.54. The van der Waals surface area contributed by atoms with Gasteiger partial charge in [-0.05, 0) is 91.8 Å². The summed E-state index contributed by atoms with van der Waals surface area (Å²) in [5.41, 5.74) is 1.29. The Morgan fingerprint density at radius 3 is 2.43 bits per heavy atom. The molecule has 3 nitrogen and oxygen atoms in total. The van der Waals surface area contributed by atoms with Gasteiger partial charge in [0.2, 0.25) is 0 Å². The summed E-state index contributed by atoms with van der Waals surface area (Å²) in [6.07, 6.45) is 7.37. The minimum Gasteiger partial charge on any atom is -0.490 e. The molecule has 6 rings (SSSR count). The zero-order valence-electron chi connectivity index (χ0n) is 16.7. The van der Waals surface area contributed by atoms with Crippen molar-refractivity contribution in [2.24, 2.45) is 23.7 Å². The third kappa shape index (κ3) is 3.81. The summed E-state index contributed by atoms with van der Waals surface area (Å²) in [6.45, 7) is 4.21. The lowest BCUT2D eigenvalue weighted by atomic mass is 9.54. The van der Waals surface area contributed by atoms with E-state index in [1.807, 2.05) is 6.92 Å². The fourth-order valence-corrected chi connectivity index (χ4v) is 6.70. The van der Waals surface area contributed by atoms with Crippen molar-refractivity contribution in [3.05, 3.63) is 46.2 Å². The zero-order valence-corrected chi connectivity index (χ0v) is 17.5. The van der Waals surface area contributed by atoms with Crippen LogP contribution in [0.4, 0.5) is 0 Å². The number of nitrogens with one attached hydrogen (secondary N) is 1. The molecule has 4 aliphatic carbocycles. The van der Waals surface area contributed by atoms with Crippen LogP contribution in [-0.4, -0.2) is 12.6 Å². The van der Waals surface area contributed by atoms with Crippen molar-refractivity contribution in [2.45, 2.75) is 58.2 Å². The first kappa shape index (κ1) is 18.5. The van der Waals surface area contributed by atoms with E-state index in [1.54, 1.807) is 11.3 Å². The van der Waals surface area contributed by atoms with Gasteiger partial charge in [0.05, 0.1) is 6.61 Å². The predicted molar refractivity (Wildman–Crippen MR) is 114 cm³/mol. The van der Waals surface area contributed by atoms with Crippen LogP contribution in [0.1, 0.15) is 49.5 Å². The second-order valence-electron chi connectivity index (χ2n) is 8.92. The van der Waals surface area contributed by atoms with E-state index in [4.69, 9.17) is 9.47 Å². The van der Waals surface area contributed by atoms with Crippen LogP contribution in [-0.2, 0) is 13.2 Å². The average Bonchev–Trinajstić information content (AvgIpc) is 3.20. The van der Waals surface area contributed by atoms with E-state index >= 15 is 0 Å². The van der Waals surface area contributed by atoms with Crippen molar-refractivity contribution >= 4 is 11.3 Å². The lowest BCUT2D eigenvalue weighted by Crippen LogP contribution is -2.54. The molecule has 0 radical (unpaired) electrons. The van der Waals surface area contributed by atoms with Gasteiger partial charge in [-0.1, -0.05) is 12.1 Å². The van der Waals surface area contributed by atoms with Gasteiger partial charge in [0, 0.05) is 17.5 Å². The molecule has 150 valence electrons. The Morgan fingerprint density at radius 2 is 1.75 bits per heavy atom. The lowest BCUT2D eigenvalue weighted by molar-refractivity contribution is -0.0142. The summed E-state index contributed by atoms with van der Waals surface area (Å²) in [7, 11) is 0. The minimum atomic E-state index is 0.600. The minimum absolute atomic E-state index is 0.600. The Hall–Kier alpha value is -1.52. The molecule has 0 unspecified atom stereocenters. The van der Waals surface area contributed by atoms with Crippen molar-refractivity contribution in [2.75, 3.05) is 6.61 Å². The molecular formula is C24H31NO2S. The molecule has 0 amide bonds. The maximum absolute atomic E-state index is 6.03. The van der Waals surface area contributed by atoms with Crippen LogP contribution in [0.2, 0.25) is 0 Å². The Kier molecular flexibility index (Phi) is 5.34. The van der Waals surface area contributed by atoms with Gasteiger partial charge in [-0.25, -0.2) is 0 Å². The maximum atomic E-state index is 6.03. The molecule has 28 heavy (non-hydrogen) atoms. The summed E-state index contributed by atoms with van der Waals surface area (Å²) in [5, 5.41) is 6.01. The second kappa shape index (κ2) is 8.08. The van der Waals surface area contributed by atoms with Gasteiger partial charge in [-0.2, -0.15) is 0 Å². The fourth-order valence-electron chi connectivity index (χ4n) is 6.09. The zero-order chi connectivity index (χ0) is 18.9. The molecule has 1 N–H and O–H groups in total. The highest BCUT2D eigenvalue weighted by Gasteiger charge is 2.47. The second-order valence-corrected chi connectivity index (χ2v) is 9.95. The predicted octanol–water partition coefficient (Wildman–Crippen LogP) is 5.64. The molecule has 1 aromatic carbocycles. The number of thiophene rings is 1. The van der Waals surface area contributed by atoms with Gasteiger partial charge >= 0.3 is 0 Å². The van der Waals surface area contributed by atoms with E-state index in [0.29, 0.717) is 13.2 Å².